The Morgan fingerprint density at radius 3 is 3.06 bits per heavy atom. The first-order valence-electron chi connectivity index (χ1n) is 5.04. The second kappa shape index (κ2) is 5.72. The summed E-state index contributed by atoms with van der Waals surface area (Å²) in [7, 11) is 0. The fourth-order valence-electron chi connectivity index (χ4n) is 1.36. The summed E-state index contributed by atoms with van der Waals surface area (Å²) in [5, 5.41) is 2.69. The zero-order valence-electron chi connectivity index (χ0n) is 8.76. The molecular weight excluding hydrogens is 226 g/mol. The molecule has 1 aliphatic rings. The summed E-state index contributed by atoms with van der Waals surface area (Å²) in [5.74, 6) is 0.0373. The number of thioether (sulfide) groups is 1. The quantitative estimate of drug-likeness (QED) is 0.628. The van der Waals surface area contributed by atoms with Gasteiger partial charge in [-0.05, 0) is 5.41 Å². The summed E-state index contributed by atoms with van der Waals surface area (Å²) >= 11 is 1.44. The minimum atomic E-state index is 0.0373. The van der Waals surface area contributed by atoms with E-state index in [1.165, 1.54) is 11.8 Å². The summed E-state index contributed by atoms with van der Waals surface area (Å²) in [4.78, 5) is 20.3. The number of aromatic amines is 1. The Kier molecular flexibility index (Phi) is 4.01. The van der Waals surface area contributed by atoms with Crippen molar-refractivity contribution < 1.29 is 9.53 Å². The van der Waals surface area contributed by atoms with Crippen LogP contribution in [0.25, 0.3) is 0 Å². The van der Waals surface area contributed by atoms with Crippen molar-refractivity contribution in [2.24, 2.45) is 0 Å². The van der Waals surface area contributed by atoms with Crippen LogP contribution in [0.2, 0.25) is 0 Å². The van der Waals surface area contributed by atoms with Gasteiger partial charge in [0.05, 0.1) is 30.8 Å². The van der Waals surface area contributed by atoms with Crippen LogP contribution in [0.3, 0.4) is 0 Å². The number of hydrogen-bond donors (Lipinski definition) is 1. The number of amides is 1. The first-order chi connectivity index (χ1) is 7.86. The largest absolute Gasteiger partial charge is 0.378 e. The second-order valence-electron chi connectivity index (χ2n) is 3.27. The molecule has 1 N–H and O–H groups in total. The van der Waals surface area contributed by atoms with Gasteiger partial charge in [0.25, 0.3) is 0 Å². The lowest BCUT2D eigenvalue weighted by atomic mass is 10.4. The van der Waals surface area contributed by atoms with Crippen LogP contribution in [0.1, 0.15) is 0 Å². The molecule has 1 aliphatic heterocycles. The van der Waals surface area contributed by atoms with E-state index in [9.17, 15) is 4.79 Å². The zero-order chi connectivity index (χ0) is 11.2. The molecule has 2 rings (SSSR count). The van der Waals surface area contributed by atoms with Gasteiger partial charge in [0, 0.05) is 19.2 Å². The fourth-order valence-corrected chi connectivity index (χ4v) is 1.94. The van der Waals surface area contributed by atoms with Gasteiger partial charge in [-0.25, -0.2) is 4.98 Å². The maximum atomic E-state index is 11.7. The molecule has 1 amide bonds. The third-order valence-electron chi connectivity index (χ3n) is 2.20. The normalized spacial score (nSPS) is 16.9. The average Bonchev–Trinajstić information content (AvgIpc) is 2.83. The Hall–Kier alpha value is -1.27. The van der Waals surface area contributed by atoms with Crippen molar-refractivity contribution in [1.82, 2.24) is 14.9 Å². The highest BCUT2D eigenvalue weighted by Crippen LogP contribution is 2.14. The van der Waals surface area contributed by atoms with Gasteiger partial charge in [-0.1, -0.05) is 11.8 Å². The Balaban J connectivity index is 1.79. The molecule has 0 saturated carbocycles. The number of aromatic nitrogens is 2. The molecule has 0 aliphatic carbocycles. The molecule has 86 valence electrons. The number of hydrogen-bond acceptors (Lipinski definition) is 4. The third-order valence-corrected chi connectivity index (χ3v) is 2.95. The number of carbonyl (C=O) groups excluding carboxylic acids is 1. The molecule has 0 radical (unpaired) electrons. The molecule has 1 saturated heterocycles. The number of nitrogens with one attached hydrogen (secondary N) is 1. The molecule has 0 atom stereocenters. The van der Waals surface area contributed by atoms with Gasteiger partial charge in [-0.2, -0.15) is 0 Å². The van der Waals surface area contributed by atoms with Crippen LogP contribution < -0.4 is 0 Å². The first kappa shape index (κ1) is 11.2. The number of nitrogens with zero attached hydrogens (tertiary/aromatic N) is 2. The lowest BCUT2D eigenvalue weighted by molar-refractivity contribution is -0.129. The Morgan fingerprint density at radius 1 is 1.56 bits per heavy atom. The van der Waals surface area contributed by atoms with Crippen LogP contribution in [-0.4, -0.2) is 47.1 Å². The van der Waals surface area contributed by atoms with Crippen molar-refractivity contribution in [3.05, 3.63) is 24.0 Å². The van der Waals surface area contributed by atoms with E-state index in [2.05, 4.69) is 9.97 Å². The number of carbonyl (C=O) groups is 1. The monoisotopic (exact) mass is 239 g/mol. The molecule has 0 bridgehead atoms. The molecule has 1 fully saturated rings. The van der Waals surface area contributed by atoms with Crippen LogP contribution in [0, 0.1) is 0 Å². The Morgan fingerprint density at radius 2 is 2.38 bits per heavy atom. The maximum Gasteiger partial charge on any atom is 0.247 e. The summed E-state index contributed by atoms with van der Waals surface area (Å²) in [6.45, 7) is 2.62. The van der Waals surface area contributed by atoms with Gasteiger partial charge in [-0.3, -0.25) is 4.79 Å². The predicted octanol–water partition coefficient (Wildman–Crippen LogP) is 0.874. The van der Waals surface area contributed by atoms with Crippen molar-refractivity contribution in [1.29, 1.82) is 0 Å². The minimum Gasteiger partial charge on any atom is -0.378 e. The standard InChI is InChI=1S/C10H13N3O2S/c14-10(13-2-4-15-5-3-13)1-6-16-9-7-11-8-12-9/h1,6-8H,2-5H2,(H,11,12). The molecule has 5 nitrogen and oxygen atoms in total. The molecule has 1 aromatic rings. The number of H-pyrrole nitrogens is 1. The van der Waals surface area contributed by atoms with Gasteiger partial charge < -0.3 is 14.6 Å². The third kappa shape index (κ3) is 3.11. The molecule has 0 aromatic carbocycles. The van der Waals surface area contributed by atoms with Crippen LogP contribution in [-0.2, 0) is 9.53 Å². The van der Waals surface area contributed by atoms with E-state index in [-0.39, 0.29) is 5.91 Å². The highest BCUT2D eigenvalue weighted by Gasteiger charge is 2.13. The van der Waals surface area contributed by atoms with Gasteiger partial charge in [-0.15, -0.1) is 0 Å². The van der Waals surface area contributed by atoms with E-state index < -0.39 is 0 Å². The van der Waals surface area contributed by atoms with E-state index in [1.807, 2.05) is 0 Å². The lowest BCUT2D eigenvalue weighted by Gasteiger charge is -2.25. The topological polar surface area (TPSA) is 58.2 Å². The van der Waals surface area contributed by atoms with Crippen molar-refractivity contribution >= 4 is 17.7 Å². The molecule has 6 heteroatoms. The highest BCUT2D eigenvalue weighted by molar-refractivity contribution is 8.02. The van der Waals surface area contributed by atoms with Crippen molar-refractivity contribution in [3.8, 4) is 0 Å². The summed E-state index contributed by atoms with van der Waals surface area (Å²) in [5.41, 5.74) is 0. The van der Waals surface area contributed by atoms with Crippen LogP contribution in [0.15, 0.2) is 29.0 Å². The number of ether oxygens (including phenoxy) is 1. The summed E-state index contributed by atoms with van der Waals surface area (Å²) in [6, 6.07) is 0. The SMILES string of the molecule is O=C(C=CSc1cnc[nH]1)N1CCOCC1. The van der Waals surface area contributed by atoms with Crippen molar-refractivity contribution in [2.45, 2.75) is 5.03 Å². The van der Waals surface area contributed by atoms with Gasteiger partial charge >= 0.3 is 0 Å². The van der Waals surface area contributed by atoms with Gasteiger partial charge in [0.15, 0.2) is 0 Å². The summed E-state index contributed by atoms with van der Waals surface area (Å²) < 4.78 is 5.18. The predicted molar refractivity (Wildman–Crippen MR) is 61.0 cm³/mol. The van der Waals surface area contributed by atoms with Crippen molar-refractivity contribution in [3.63, 3.8) is 0 Å². The number of imidazole rings is 1. The highest BCUT2D eigenvalue weighted by atomic mass is 32.2. The van der Waals surface area contributed by atoms with E-state index in [0.717, 1.165) is 5.03 Å². The number of morpholine rings is 1. The molecule has 0 spiro atoms. The molecule has 1 aromatic heterocycles. The van der Waals surface area contributed by atoms with E-state index in [0.29, 0.717) is 26.3 Å². The van der Waals surface area contributed by atoms with E-state index >= 15 is 0 Å². The zero-order valence-corrected chi connectivity index (χ0v) is 9.57. The van der Waals surface area contributed by atoms with E-state index in [4.69, 9.17) is 4.74 Å². The summed E-state index contributed by atoms with van der Waals surface area (Å²) in [6.07, 6.45) is 4.91. The van der Waals surface area contributed by atoms with Gasteiger partial charge in [0.2, 0.25) is 5.91 Å². The molecule has 2 heterocycles. The average molecular weight is 239 g/mol. The second-order valence-corrected chi connectivity index (χ2v) is 4.22. The van der Waals surface area contributed by atoms with Crippen LogP contribution in [0.4, 0.5) is 0 Å². The maximum absolute atomic E-state index is 11.7. The Bertz CT molecular complexity index is 358. The van der Waals surface area contributed by atoms with Crippen molar-refractivity contribution in [2.75, 3.05) is 26.3 Å². The van der Waals surface area contributed by atoms with Crippen LogP contribution >= 0.6 is 11.8 Å². The number of rotatable bonds is 3. The Labute approximate surface area is 97.9 Å². The van der Waals surface area contributed by atoms with Gasteiger partial charge in [0.1, 0.15) is 0 Å². The van der Waals surface area contributed by atoms with Crippen LogP contribution in [0.5, 0.6) is 0 Å². The minimum absolute atomic E-state index is 0.0373. The fraction of sp³-hybridized carbons (Fsp3) is 0.400. The van der Waals surface area contributed by atoms with E-state index in [1.54, 1.807) is 28.9 Å². The first-order valence-corrected chi connectivity index (χ1v) is 5.92. The molecule has 16 heavy (non-hydrogen) atoms. The molecule has 0 unspecified atom stereocenters. The molecular formula is C10H13N3O2S. The smallest absolute Gasteiger partial charge is 0.247 e. The lowest BCUT2D eigenvalue weighted by Crippen LogP contribution is -2.39.